The number of nitrogen functional groups attached to an aromatic ring is 1. The maximum absolute atomic E-state index is 13.7. The molecule has 0 aliphatic rings. The van der Waals surface area contributed by atoms with Gasteiger partial charge in [0.25, 0.3) is 10.0 Å². The van der Waals surface area contributed by atoms with Gasteiger partial charge in [-0.2, -0.15) is 4.31 Å². The van der Waals surface area contributed by atoms with Gasteiger partial charge in [-0.15, -0.1) is 0 Å². The highest BCUT2D eigenvalue weighted by Crippen LogP contribution is 2.19. The molecule has 0 atom stereocenters. The molecular weight excluding hydrogens is 293 g/mol. The first-order valence-electron chi connectivity index (χ1n) is 6.40. The van der Waals surface area contributed by atoms with Crippen LogP contribution in [0.15, 0.2) is 47.6 Å². The maximum atomic E-state index is 13.7. The molecule has 2 rings (SSSR count). The van der Waals surface area contributed by atoms with E-state index in [1.54, 1.807) is 31.2 Å². The normalized spacial score (nSPS) is 11.8. The fraction of sp³-hybridized carbons (Fsp3) is 0.214. The lowest BCUT2D eigenvalue weighted by molar-refractivity contribution is 0.415. The second kappa shape index (κ2) is 6.19. The van der Waals surface area contributed by atoms with Crippen LogP contribution in [-0.4, -0.2) is 24.3 Å². The molecule has 0 unspecified atom stereocenters. The number of nitrogens with zero attached hydrogens (tertiary/aromatic N) is 2. The smallest absolute Gasteiger partial charge is 0.263 e. The van der Waals surface area contributed by atoms with Crippen molar-refractivity contribution in [3.63, 3.8) is 0 Å². The largest absolute Gasteiger partial charge is 0.399 e. The summed E-state index contributed by atoms with van der Waals surface area (Å²) >= 11 is 0. The van der Waals surface area contributed by atoms with Crippen molar-refractivity contribution in [3.8, 4) is 0 Å². The van der Waals surface area contributed by atoms with Crippen molar-refractivity contribution in [1.82, 2.24) is 9.29 Å². The number of nitrogens with two attached hydrogens (primary N) is 1. The van der Waals surface area contributed by atoms with Crippen LogP contribution in [0.5, 0.6) is 0 Å². The second-order valence-corrected chi connectivity index (χ2v) is 6.32. The minimum atomic E-state index is -3.97. The van der Waals surface area contributed by atoms with Gasteiger partial charge in [0.05, 0.1) is 0 Å². The minimum absolute atomic E-state index is 0.134. The highest BCUT2D eigenvalue weighted by molar-refractivity contribution is 7.89. The Balaban J connectivity index is 2.32. The van der Waals surface area contributed by atoms with E-state index in [4.69, 9.17) is 5.73 Å². The molecule has 1 heterocycles. The summed E-state index contributed by atoms with van der Waals surface area (Å²) in [6.45, 7) is 2.04. The van der Waals surface area contributed by atoms with E-state index in [2.05, 4.69) is 4.98 Å². The third-order valence-corrected chi connectivity index (χ3v) is 4.86. The maximum Gasteiger partial charge on any atom is 0.263 e. The lowest BCUT2D eigenvalue weighted by Gasteiger charge is -2.20. The molecule has 0 fully saturated rings. The van der Waals surface area contributed by atoms with Crippen LogP contribution in [0.4, 0.5) is 10.1 Å². The fourth-order valence-corrected chi connectivity index (χ4v) is 3.29. The second-order valence-electron chi connectivity index (χ2n) is 4.46. The van der Waals surface area contributed by atoms with Crippen LogP contribution in [0.3, 0.4) is 0 Å². The predicted molar refractivity (Wildman–Crippen MR) is 78.3 cm³/mol. The van der Waals surface area contributed by atoms with Crippen LogP contribution in [0.2, 0.25) is 0 Å². The summed E-state index contributed by atoms with van der Waals surface area (Å²) in [4.78, 5) is 3.65. The van der Waals surface area contributed by atoms with Gasteiger partial charge in [-0.1, -0.05) is 19.1 Å². The molecule has 21 heavy (non-hydrogen) atoms. The highest BCUT2D eigenvalue weighted by atomic mass is 32.2. The van der Waals surface area contributed by atoms with Crippen molar-refractivity contribution in [2.24, 2.45) is 0 Å². The number of hydrogen-bond donors (Lipinski definition) is 1. The summed E-state index contributed by atoms with van der Waals surface area (Å²) < 4.78 is 39.8. The molecule has 5 nitrogen and oxygen atoms in total. The molecule has 0 saturated carbocycles. The number of benzene rings is 1. The van der Waals surface area contributed by atoms with E-state index in [0.29, 0.717) is 5.69 Å². The van der Waals surface area contributed by atoms with Crippen LogP contribution < -0.4 is 5.73 Å². The Labute approximate surface area is 123 Å². The Hall–Kier alpha value is -1.99. The molecule has 0 spiro atoms. The van der Waals surface area contributed by atoms with Crippen molar-refractivity contribution in [1.29, 1.82) is 0 Å². The topological polar surface area (TPSA) is 76.3 Å². The summed E-state index contributed by atoms with van der Waals surface area (Å²) in [7, 11) is -3.97. The zero-order chi connectivity index (χ0) is 15.5. The lowest BCUT2D eigenvalue weighted by atomic mass is 10.2. The van der Waals surface area contributed by atoms with Gasteiger partial charge in [0.1, 0.15) is 0 Å². The molecule has 7 heteroatoms. The lowest BCUT2D eigenvalue weighted by Crippen LogP contribution is -2.31. The SMILES string of the molecule is CCN(Cc1ccc(N)cc1)S(=O)(=O)c1ncccc1F. The predicted octanol–water partition coefficient (Wildman–Crippen LogP) is 2.01. The fourth-order valence-electron chi connectivity index (χ4n) is 1.88. The van der Waals surface area contributed by atoms with Crippen LogP contribution in [0.1, 0.15) is 12.5 Å². The van der Waals surface area contributed by atoms with Crippen molar-refractivity contribution in [2.45, 2.75) is 18.5 Å². The Morgan fingerprint density at radius 2 is 1.90 bits per heavy atom. The Morgan fingerprint density at radius 3 is 2.48 bits per heavy atom. The zero-order valence-corrected chi connectivity index (χ0v) is 12.3. The molecule has 2 N–H and O–H groups in total. The van der Waals surface area contributed by atoms with Gasteiger partial charge in [0.2, 0.25) is 5.03 Å². The average Bonchev–Trinajstić information content (AvgIpc) is 2.46. The molecule has 1 aromatic carbocycles. The minimum Gasteiger partial charge on any atom is -0.399 e. The first-order chi connectivity index (χ1) is 9.95. The number of halogens is 1. The summed E-state index contributed by atoms with van der Waals surface area (Å²) in [6, 6.07) is 9.29. The van der Waals surface area contributed by atoms with Gasteiger partial charge >= 0.3 is 0 Å². The van der Waals surface area contributed by atoms with Gasteiger partial charge in [-0.3, -0.25) is 0 Å². The van der Waals surface area contributed by atoms with E-state index < -0.39 is 20.9 Å². The standard InChI is InChI=1S/C14H16FN3O2S/c1-2-18(10-11-5-7-12(16)8-6-11)21(19,20)14-13(15)4-3-9-17-14/h3-9H,2,10,16H2,1H3. The zero-order valence-electron chi connectivity index (χ0n) is 11.5. The monoisotopic (exact) mass is 309 g/mol. The van der Waals surface area contributed by atoms with Gasteiger partial charge in [-0.05, 0) is 29.8 Å². The first-order valence-corrected chi connectivity index (χ1v) is 7.84. The van der Waals surface area contributed by atoms with Crippen LogP contribution >= 0.6 is 0 Å². The molecule has 0 bridgehead atoms. The number of aromatic nitrogens is 1. The molecule has 2 aromatic rings. The molecule has 0 saturated heterocycles. The van der Waals surface area contributed by atoms with Crippen molar-refractivity contribution in [2.75, 3.05) is 12.3 Å². The summed E-state index contributed by atoms with van der Waals surface area (Å²) in [5.41, 5.74) is 6.96. The summed E-state index contributed by atoms with van der Waals surface area (Å²) in [5, 5.41) is -0.553. The molecular formula is C14H16FN3O2S. The Morgan fingerprint density at radius 1 is 1.24 bits per heavy atom. The van der Waals surface area contributed by atoms with E-state index in [-0.39, 0.29) is 13.1 Å². The van der Waals surface area contributed by atoms with Crippen molar-refractivity contribution >= 4 is 15.7 Å². The molecule has 0 aliphatic heterocycles. The van der Waals surface area contributed by atoms with Crippen molar-refractivity contribution < 1.29 is 12.8 Å². The molecule has 0 amide bonds. The molecule has 0 radical (unpaired) electrons. The van der Waals surface area contributed by atoms with E-state index in [0.717, 1.165) is 11.6 Å². The Kier molecular flexibility index (Phi) is 4.54. The van der Waals surface area contributed by atoms with E-state index in [1.165, 1.54) is 16.6 Å². The average molecular weight is 309 g/mol. The van der Waals surface area contributed by atoms with E-state index >= 15 is 0 Å². The molecule has 1 aromatic heterocycles. The summed E-state index contributed by atoms with van der Waals surface area (Å²) in [6.07, 6.45) is 1.26. The molecule has 0 aliphatic carbocycles. The van der Waals surface area contributed by atoms with Gasteiger partial charge in [0.15, 0.2) is 5.82 Å². The number of hydrogen-bond acceptors (Lipinski definition) is 4. The highest BCUT2D eigenvalue weighted by Gasteiger charge is 2.27. The number of pyridine rings is 1. The summed E-state index contributed by atoms with van der Waals surface area (Å²) in [5.74, 6) is -0.853. The third-order valence-electron chi connectivity index (χ3n) is 3.00. The number of anilines is 1. The quantitative estimate of drug-likeness (QED) is 0.857. The van der Waals surface area contributed by atoms with Crippen LogP contribution in [0, 0.1) is 5.82 Å². The van der Waals surface area contributed by atoms with Crippen LogP contribution in [0.25, 0.3) is 0 Å². The number of rotatable bonds is 5. The van der Waals surface area contributed by atoms with Crippen LogP contribution in [-0.2, 0) is 16.6 Å². The third kappa shape index (κ3) is 3.37. The van der Waals surface area contributed by atoms with Gasteiger partial charge in [-0.25, -0.2) is 17.8 Å². The Bertz CT molecular complexity index is 717. The number of sulfonamides is 1. The van der Waals surface area contributed by atoms with E-state index in [9.17, 15) is 12.8 Å². The van der Waals surface area contributed by atoms with Gasteiger partial charge in [0, 0.05) is 25.0 Å². The van der Waals surface area contributed by atoms with Crippen molar-refractivity contribution in [3.05, 3.63) is 54.0 Å². The van der Waals surface area contributed by atoms with Gasteiger partial charge < -0.3 is 5.73 Å². The van der Waals surface area contributed by atoms with E-state index in [1.807, 2.05) is 0 Å². The first kappa shape index (κ1) is 15.4. The molecule has 112 valence electrons.